The Labute approximate surface area is 196 Å². The fourth-order valence-corrected chi connectivity index (χ4v) is 3.94. The summed E-state index contributed by atoms with van der Waals surface area (Å²) in [5, 5.41) is 3.05. The van der Waals surface area contributed by atoms with Crippen LogP contribution in [0, 0.1) is 11.2 Å². The number of amides is 1. The average molecular weight is 459 g/mol. The Morgan fingerprint density at radius 1 is 1.06 bits per heavy atom. The molecule has 0 aliphatic heterocycles. The fourth-order valence-electron chi connectivity index (χ4n) is 3.94. The highest BCUT2D eigenvalue weighted by atomic mass is 19.1. The molecule has 0 aliphatic rings. The number of benzene rings is 2. The molecule has 0 heterocycles. The van der Waals surface area contributed by atoms with Crippen molar-refractivity contribution in [2.45, 2.75) is 52.0 Å². The number of halogens is 2. The summed E-state index contributed by atoms with van der Waals surface area (Å²) in [7, 11) is 3.82. The van der Waals surface area contributed by atoms with Gasteiger partial charge in [-0.1, -0.05) is 57.2 Å². The van der Waals surface area contributed by atoms with Gasteiger partial charge >= 0.3 is 0 Å². The van der Waals surface area contributed by atoms with Crippen LogP contribution in [0.25, 0.3) is 0 Å². The van der Waals surface area contributed by atoms with Gasteiger partial charge < -0.3 is 10.2 Å². The quantitative estimate of drug-likeness (QED) is 0.472. The smallest absolute Gasteiger partial charge is 0.220 e. The summed E-state index contributed by atoms with van der Waals surface area (Å²) in [6.07, 6.45) is 0.567. The van der Waals surface area contributed by atoms with Gasteiger partial charge in [-0.2, -0.15) is 0 Å². The number of nitrogens with zero attached hydrogens (tertiary/aromatic N) is 1. The molecule has 0 unspecified atom stereocenters. The number of carbonyl (C=O) groups excluding carboxylic acids is 2. The third kappa shape index (κ3) is 8.04. The van der Waals surface area contributed by atoms with Gasteiger partial charge in [0, 0.05) is 25.4 Å². The first-order valence-corrected chi connectivity index (χ1v) is 11.4. The summed E-state index contributed by atoms with van der Waals surface area (Å²) in [4.78, 5) is 26.6. The van der Waals surface area contributed by atoms with Crippen LogP contribution < -0.4 is 5.32 Å². The van der Waals surface area contributed by atoms with Crippen LogP contribution in [0.2, 0.25) is 0 Å². The van der Waals surface area contributed by atoms with E-state index in [-0.39, 0.29) is 35.3 Å². The number of alkyl halides is 1. The van der Waals surface area contributed by atoms with Crippen molar-refractivity contribution in [2.24, 2.45) is 5.41 Å². The molecule has 0 saturated carbocycles. The minimum absolute atomic E-state index is 0.0241. The van der Waals surface area contributed by atoms with Crippen LogP contribution in [-0.2, 0) is 11.2 Å². The van der Waals surface area contributed by atoms with Gasteiger partial charge in [-0.3, -0.25) is 14.0 Å². The Balaban J connectivity index is 2.03. The van der Waals surface area contributed by atoms with E-state index in [1.165, 1.54) is 12.1 Å². The lowest BCUT2D eigenvalue weighted by Gasteiger charge is -2.31. The van der Waals surface area contributed by atoms with Crippen molar-refractivity contribution in [2.75, 3.05) is 27.3 Å². The minimum atomic E-state index is -0.803. The second-order valence-corrected chi connectivity index (χ2v) is 9.84. The topological polar surface area (TPSA) is 49.4 Å². The molecule has 2 aromatic carbocycles. The van der Waals surface area contributed by atoms with E-state index in [0.717, 1.165) is 5.56 Å². The van der Waals surface area contributed by atoms with Crippen molar-refractivity contribution < 1.29 is 18.4 Å². The molecule has 2 aromatic rings. The molecule has 33 heavy (non-hydrogen) atoms. The van der Waals surface area contributed by atoms with Gasteiger partial charge in [-0.05, 0) is 55.1 Å². The van der Waals surface area contributed by atoms with Crippen molar-refractivity contribution in [3.63, 3.8) is 0 Å². The number of Topliss-reactive ketones (excluding diaryl/α,β-unsaturated/α-hetero) is 1. The van der Waals surface area contributed by atoms with E-state index in [4.69, 9.17) is 0 Å². The Kier molecular flexibility index (Phi) is 9.71. The molecule has 2 rings (SSSR count). The van der Waals surface area contributed by atoms with Crippen LogP contribution in [0.15, 0.2) is 48.5 Å². The Hall–Kier alpha value is -2.60. The number of rotatable bonds is 11. The van der Waals surface area contributed by atoms with Crippen molar-refractivity contribution in [1.29, 1.82) is 0 Å². The minimum Gasteiger partial charge on any atom is -0.355 e. The maximum atomic E-state index is 14.4. The zero-order valence-electron chi connectivity index (χ0n) is 20.3. The highest BCUT2D eigenvalue weighted by Crippen LogP contribution is 2.37. The van der Waals surface area contributed by atoms with E-state index < -0.39 is 18.3 Å². The normalized spacial score (nSPS) is 13.6. The van der Waals surface area contributed by atoms with Crippen molar-refractivity contribution in [3.8, 4) is 0 Å². The van der Waals surface area contributed by atoms with Crippen LogP contribution in [0.3, 0.4) is 0 Å². The SMILES string of the molecule is CN(C)[C@H](CNC(=O)C[C@@H](c1ccccc1)C(C)(C)C)Cc1ccc(C(=O)CCF)c(F)c1. The summed E-state index contributed by atoms with van der Waals surface area (Å²) in [6, 6.07) is 14.5. The van der Waals surface area contributed by atoms with Crippen molar-refractivity contribution in [1.82, 2.24) is 10.2 Å². The molecule has 180 valence electrons. The standard InChI is InChI=1S/C27H36F2N2O2/c1-27(2,3)23(20-9-7-6-8-10-20)17-26(33)30-18-21(31(4)5)15-19-11-12-22(24(29)16-19)25(32)13-14-28/h6-12,16,21,23H,13-15,17-18H2,1-5H3,(H,30,33)/t21-,23-/m0/s1. The molecule has 0 bridgehead atoms. The third-order valence-electron chi connectivity index (χ3n) is 6.03. The van der Waals surface area contributed by atoms with Crippen LogP contribution in [-0.4, -0.2) is 49.9 Å². The molecule has 4 nitrogen and oxygen atoms in total. The van der Waals surface area contributed by atoms with E-state index in [2.05, 4.69) is 38.2 Å². The monoisotopic (exact) mass is 458 g/mol. The van der Waals surface area contributed by atoms with Crippen molar-refractivity contribution >= 4 is 11.7 Å². The molecule has 0 saturated heterocycles. The van der Waals surface area contributed by atoms with Crippen molar-refractivity contribution in [3.05, 3.63) is 71.0 Å². The van der Waals surface area contributed by atoms with Gasteiger partial charge in [0.25, 0.3) is 0 Å². The number of likely N-dealkylation sites (N-methyl/N-ethyl adjacent to an activating group) is 1. The highest BCUT2D eigenvalue weighted by molar-refractivity contribution is 5.96. The van der Waals surface area contributed by atoms with Gasteiger partial charge in [0.15, 0.2) is 5.78 Å². The number of hydrogen-bond donors (Lipinski definition) is 1. The Bertz CT molecular complexity index is 923. The highest BCUT2D eigenvalue weighted by Gasteiger charge is 2.28. The molecule has 0 fully saturated rings. The lowest BCUT2D eigenvalue weighted by atomic mass is 9.74. The Morgan fingerprint density at radius 3 is 2.27 bits per heavy atom. The lowest BCUT2D eigenvalue weighted by molar-refractivity contribution is -0.122. The zero-order chi connectivity index (χ0) is 24.6. The first-order valence-electron chi connectivity index (χ1n) is 11.4. The summed E-state index contributed by atoms with van der Waals surface area (Å²) in [5.41, 5.74) is 1.70. The Morgan fingerprint density at radius 2 is 1.73 bits per heavy atom. The van der Waals surface area contributed by atoms with E-state index >= 15 is 0 Å². The molecule has 1 amide bonds. The second-order valence-electron chi connectivity index (χ2n) is 9.84. The average Bonchev–Trinajstić information content (AvgIpc) is 2.74. The summed E-state index contributed by atoms with van der Waals surface area (Å²) in [6.45, 7) is 6.02. The van der Waals surface area contributed by atoms with Gasteiger partial charge in [0.2, 0.25) is 5.91 Å². The summed E-state index contributed by atoms with van der Waals surface area (Å²) in [5.74, 6) is -1.11. The molecular formula is C27H36F2N2O2. The predicted molar refractivity (Wildman–Crippen MR) is 129 cm³/mol. The summed E-state index contributed by atoms with van der Waals surface area (Å²) >= 11 is 0. The largest absolute Gasteiger partial charge is 0.355 e. The molecule has 1 N–H and O–H groups in total. The van der Waals surface area contributed by atoms with Gasteiger partial charge in [-0.25, -0.2) is 4.39 Å². The fraction of sp³-hybridized carbons (Fsp3) is 0.481. The number of carbonyl (C=O) groups is 2. The molecule has 0 aromatic heterocycles. The van der Waals surface area contributed by atoms with Gasteiger partial charge in [0.05, 0.1) is 12.2 Å². The molecule has 0 aliphatic carbocycles. The maximum absolute atomic E-state index is 14.4. The van der Waals surface area contributed by atoms with Gasteiger partial charge in [0.1, 0.15) is 5.82 Å². The first-order chi connectivity index (χ1) is 15.5. The first kappa shape index (κ1) is 26.7. The van der Waals surface area contributed by atoms with Crippen LogP contribution >= 0.6 is 0 Å². The predicted octanol–water partition coefficient (Wildman–Crippen LogP) is 5.18. The number of ketones is 1. The van der Waals surface area contributed by atoms with Crippen LogP contribution in [0.5, 0.6) is 0 Å². The molecule has 6 heteroatoms. The molecule has 0 spiro atoms. The van der Waals surface area contributed by atoms with Crippen LogP contribution in [0.1, 0.15) is 61.0 Å². The van der Waals surface area contributed by atoms with E-state index in [1.807, 2.05) is 37.2 Å². The third-order valence-corrected chi connectivity index (χ3v) is 6.03. The number of nitrogens with one attached hydrogen (secondary N) is 1. The number of hydrogen-bond acceptors (Lipinski definition) is 3. The second kappa shape index (κ2) is 12.0. The van der Waals surface area contributed by atoms with Gasteiger partial charge in [-0.15, -0.1) is 0 Å². The zero-order valence-corrected chi connectivity index (χ0v) is 20.3. The van der Waals surface area contributed by atoms with E-state index in [1.54, 1.807) is 6.07 Å². The maximum Gasteiger partial charge on any atom is 0.220 e. The summed E-state index contributed by atoms with van der Waals surface area (Å²) < 4.78 is 26.8. The molecule has 0 radical (unpaired) electrons. The lowest BCUT2D eigenvalue weighted by Crippen LogP contribution is -2.42. The van der Waals surface area contributed by atoms with E-state index in [0.29, 0.717) is 24.9 Å². The van der Waals surface area contributed by atoms with Crippen LogP contribution in [0.4, 0.5) is 8.78 Å². The molecular weight excluding hydrogens is 422 g/mol. The molecule has 2 atom stereocenters. The van der Waals surface area contributed by atoms with E-state index in [9.17, 15) is 18.4 Å².